The fourth-order valence-corrected chi connectivity index (χ4v) is 2.58. The molecular weight excluding hydrogens is 254 g/mol. The summed E-state index contributed by atoms with van der Waals surface area (Å²) in [6, 6.07) is 0.254. The lowest BCUT2D eigenvalue weighted by Crippen LogP contribution is -2.53. The van der Waals surface area contributed by atoms with Gasteiger partial charge in [0.25, 0.3) is 0 Å². The molecule has 5 nitrogen and oxygen atoms in total. The lowest BCUT2D eigenvalue weighted by Gasteiger charge is -2.37. The van der Waals surface area contributed by atoms with Gasteiger partial charge >= 0.3 is 11.8 Å². The fraction of sp³-hybridized carbons (Fsp3) is 0.867. The van der Waals surface area contributed by atoms with Gasteiger partial charge in [-0.25, -0.2) is 0 Å². The van der Waals surface area contributed by atoms with E-state index in [0.29, 0.717) is 0 Å². The maximum Gasteiger partial charge on any atom is 0.312 e. The lowest BCUT2D eigenvalue weighted by atomic mass is 10.0. The Balaban J connectivity index is 2.64. The highest BCUT2D eigenvalue weighted by atomic mass is 16.2. The molecule has 20 heavy (non-hydrogen) atoms. The van der Waals surface area contributed by atoms with E-state index in [4.69, 9.17) is 0 Å². The monoisotopic (exact) mass is 283 g/mol. The topological polar surface area (TPSA) is 43.9 Å². The van der Waals surface area contributed by atoms with Gasteiger partial charge in [0, 0.05) is 32.7 Å². The highest BCUT2D eigenvalue weighted by molar-refractivity contribution is 6.34. The van der Waals surface area contributed by atoms with Crippen LogP contribution in [0.2, 0.25) is 0 Å². The van der Waals surface area contributed by atoms with E-state index in [2.05, 4.69) is 11.8 Å². The molecule has 116 valence electrons. The molecule has 1 rings (SSSR count). The third kappa shape index (κ3) is 3.95. The molecule has 2 amide bonds. The number of amides is 2. The standard InChI is InChI=1S/C15H29N3O2/c1-6-12(3)16(4)14(19)15(20)17(5)13-9-8-10-18(7-2)11-13/h12-13H,6-11H2,1-5H3/t12?,13-/m1/s1. The summed E-state index contributed by atoms with van der Waals surface area (Å²) in [5.74, 6) is -0.772. The fourth-order valence-electron chi connectivity index (χ4n) is 2.58. The van der Waals surface area contributed by atoms with Gasteiger partial charge in [0.15, 0.2) is 0 Å². The number of hydrogen-bond donors (Lipinski definition) is 0. The highest BCUT2D eigenvalue weighted by Gasteiger charge is 2.31. The highest BCUT2D eigenvalue weighted by Crippen LogP contribution is 2.15. The largest absolute Gasteiger partial charge is 0.335 e. The summed E-state index contributed by atoms with van der Waals surface area (Å²) in [6.45, 7) is 9.08. The van der Waals surface area contributed by atoms with Crippen LogP contribution in [-0.4, -0.2) is 72.3 Å². The first kappa shape index (κ1) is 17.0. The smallest absolute Gasteiger partial charge is 0.312 e. The van der Waals surface area contributed by atoms with Crippen LogP contribution in [0.5, 0.6) is 0 Å². The lowest BCUT2D eigenvalue weighted by molar-refractivity contribution is -0.153. The van der Waals surface area contributed by atoms with Crippen LogP contribution in [-0.2, 0) is 9.59 Å². The van der Waals surface area contributed by atoms with Crippen LogP contribution in [0.1, 0.15) is 40.0 Å². The maximum atomic E-state index is 12.3. The zero-order valence-corrected chi connectivity index (χ0v) is 13.6. The van der Waals surface area contributed by atoms with Gasteiger partial charge in [0.05, 0.1) is 0 Å². The van der Waals surface area contributed by atoms with Crippen molar-refractivity contribution in [3.8, 4) is 0 Å². The number of carbonyl (C=O) groups is 2. The molecule has 0 saturated carbocycles. The van der Waals surface area contributed by atoms with E-state index in [-0.39, 0.29) is 18.0 Å². The summed E-state index contributed by atoms with van der Waals surface area (Å²) in [6.07, 6.45) is 2.93. The Morgan fingerprint density at radius 2 is 1.90 bits per heavy atom. The number of likely N-dealkylation sites (tertiary alicyclic amines) is 1. The van der Waals surface area contributed by atoms with Crippen molar-refractivity contribution in [1.82, 2.24) is 14.7 Å². The van der Waals surface area contributed by atoms with Gasteiger partial charge in [0.2, 0.25) is 0 Å². The minimum atomic E-state index is -0.393. The van der Waals surface area contributed by atoms with E-state index in [1.165, 1.54) is 0 Å². The minimum absolute atomic E-state index is 0.0957. The van der Waals surface area contributed by atoms with E-state index in [1.54, 1.807) is 23.9 Å². The van der Waals surface area contributed by atoms with Gasteiger partial charge in [-0.3, -0.25) is 9.59 Å². The van der Waals surface area contributed by atoms with Crippen molar-refractivity contribution in [2.75, 3.05) is 33.7 Å². The number of carbonyl (C=O) groups excluding carboxylic acids is 2. The van der Waals surface area contributed by atoms with E-state index in [1.807, 2.05) is 13.8 Å². The molecule has 0 aromatic carbocycles. The molecule has 1 heterocycles. The quantitative estimate of drug-likeness (QED) is 0.728. The van der Waals surface area contributed by atoms with Gasteiger partial charge < -0.3 is 14.7 Å². The summed E-state index contributed by atoms with van der Waals surface area (Å²) in [5, 5.41) is 0. The number of likely N-dealkylation sites (N-methyl/N-ethyl adjacent to an activating group) is 3. The number of rotatable bonds is 4. The first-order valence-electron chi connectivity index (χ1n) is 7.68. The molecule has 0 N–H and O–H groups in total. The second-order valence-corrected chi connectivity index (χ2v) is 5.78. The summed E-state index contributed by atoms with van der Waals surface area (Å²) in [4.78, 5) is 30.0. The Morgan fingerprint density at radius 1 is 1.25 bits per heavy atom. The first-order valence-corrected chi connectivity index (χ1v) is 7.68. The van der Waals surface area contributed by atoms with E-state index in [0.717, 1.165) is 38.9 Å². The Kier molecular flexibility index (Phi) is 6.46. The molecule has 0 aromatic rings. The van der Waals surface area contributed by atoms with Crippen molar-refractivity contribution in [3.05, 3.63) is 0 Å². The van der Waals surface area contributed by atoms with Crippen LogP contribution < -0.4 is 0 Å². The Labute approximate surface area is 122 Å². The average Bonchev–Trinajstić information content (AvgIpc) is 2.51. The molecule has 0 aromatic heterocycles. The van der Waals surface area contributed by atoms with Crippen LogP contribution in [0.4, 0.5) is 0 Å². The molecule has 0 bridgehead atoms. The van der Waals surface area contributed by atoms with Crippen LogP contribution in [0, 0.1) is 0 Å². The molecule has 0 spiro atoms. The van der Waals surface area contributed by atoms with Crippen LogP contribution in [0.25, 0.3) is 0 Å². The van der Waals surface area contributed by atoms with Crippen molar-refractivity contribution in [2.24, 2.45) is 0 Å². The molecule has 1 aliphatic rings. The molecule has 1 unspecified atom stereocenters. The molecule has 5 heteroatoms. The summed E-state index contributed by atoms with van der Waals surface area (Å²) >= 11 is 0. The maximum absolute atomic E-state index is 12.3. The van der Waals surface area contributed by atoms with Gasteiger partial charge in [-0.05, 0) is 39.3 Å². The average molecular weight is 283 g/mol. The number of piperidine rings is 1. The Hall–Kier alpha value is -1.10. The van der Waals surface area contributed by atoms with Crippen LogP contribution in [0.15, 0.2) is 0 Å². The second-order valence-electron chi connectivity index (χ2n) is 5.78. The summed E-state index contributed by atoms with van der Waals surface area (Å²) in [7, 11) is 3.47. The van der Waals surface area contributed by atoms with Gasteiger partial charge in [-0.2, -0.15) is 0 Å². The molecular formula is C15H29N3O2. The molecule has 1 saturated heterocycles. The number of nitrogens with zero attached hydrogens (tertiary/aromatic N) is 3. The Bertz CT molecular complexity index is 346. The minimum Gasteiger partial charge on any atom is -0.335 e. The molecule has 1 fully saturated rings. The van der Waals surface area contributed by atoms with E-state index < -0.39 is 5.91 Å². The number of hydrogen-bond acceptors (Lipinski definition) is 3. The first-order chi connectivity index (χ1) is 9.42. The van der Waals surface area contributed by atoms with Gasteiger partial charge in [-0.1, -0.05) is 13.8 Å². The van der Waals surface area contributed by atoms with Crippen LogP contribution >= 0.6 is 0 Å². The summed E-state index contributed by atoms with van der Waals surface area (Å²) < 4.78 is 0. The molecule has 1 aliphatic heterocycles. The molecule has 0 aliphatic carbocycles. The van der Waals surface area contributed by atoms with Crippen molar-refractivity contribution in [3.63, 3.8) is 0 Å². The van der Waals surface area contributed by atoms with Crippen molar-refractivity contribution < 1.29 is 9.59 Å². The summed E-state index contributed by atoms with van der Waals surface area (Å²) in [5.41, 5.74) is 0. The van der Waals surface area contributed by atoms with Crippen molar-refractivity contribution >= 4 is 11.8 Å². The SMILES string of the molecule is CCC(C)N(C)C(=O)C(=O)N(C)[C@@H]1CCCN(CC)C1. The predicted octanol–water partition coefficient (Wildman–Crippen LogP) is 1.19. The van der Waals surface area contributed by atoms with Gasteiger partial charge in [-0.15, -0.1) is 0 Å². The van der Waals surface area contributed by atoms with Crippen molar-refractivity contribution in [2.45, 2.75) is 52.1 Å². The molecule has 2 atom stereocenters. The second kappa shape index (κ2) is 7.62. The normalized spacial score (nSPS) is 21.4. The Morgan fingerprint density at radius 3 is 2.45 bits per heavy atom. The van der Waals surface area contributed by atoms with E-state index >= 15 is 0 Å². The van der Waals surface area contributed by atoms with E-state index in [9.17, 15) is 9.59 Å². The van der Waals surface area contributed by atoms with Crippen molar-refractivity contribution in [1.29, 1.82) is 0 Å². The molecule has 0 radical (unpaired) electrons. The zero-order valence-electron chi connectivity index (χ0n) is 13.6. The zero-order chi connectivity index (χ0) is 15.3. The predicted molar refractivity (Wildman–Crippen MR) is 80.4 cm³/mol. The van der Waals surface area contributed by atoms with Gasteiger partial charge in [0.1, 0.15) is 0 Å². The third-order valence-electron chi connectivity index (χ3n) is 4.55. The third-order valence-corrected chi connectivity index (χ3v) is 4.55. The van der Waals surface area contributed by atoms with Crippen LogP contribution in [0.3, 0.4) is 0 Å².